The standard InChI is InChI=1S/C22H28N4O5/c1-21(2,3)30-19(27)16-9-15(12-26(16)20(28)31-22(4,5)6)29-18-13(10-23)7-8-14-11-24-25-17(14)18/h7-8,11,15-16H,9,12H2,1-6H3,(H,24,25)/t15-,16+/m1/s1. The zero-order valence-electron chi connectivity index (χ0n) is 18.7. The molecule has 0 bridgehead atoms. The van der Waals surface area contributed by atoms with Gasteiger partial charge in [0, 0.05) is 18.0 Å². The Kier molecular flexibility index (Phi) is 5.85. The van der Waals surface area contributed by atoms with Crippen LogP contribution in [0.1, 0.15) is 53.5 Å². The first-order chi connectivity index (χ1) is 14.4. The maximum atomic E-state index is 12.8. The van der Waals surface area contributed by atoms with Crippen LogP contribution in [0.2, 0.25) is 0 Å². The molecule has 0 spiro atoms. The van der Waals surface area contributed by atoms with Crippen LogP contribution in [-0.2, 0) is 14.3 Å². The highest BCUT2D eigenvalue weighted by Gasteiger charge is 2.44. The van der Waals surface area contributed by atoms with Crippen LogP contribution in [0.4, 0.5) is 4.79 Å². The van der Waals surface area contributed by atoms with Crippen LogP contribution in [0.3, 0.4) is 0 Å². The monoisotopic (exact) mass is 428 g/mol. The van der Waals surface area contributed by atoms with E-state index in [1.807, 2.05) is 0 Å². The van der Waals surface area contributed by atoms with Gasteiger partial charge in [-0.25, -0.2) is 9.59 Å². The molecule has 2 aromatic rings. The van der Waals surface area contributed by atoms with Crippen molar-refractivity contribution in [3.8, 4) is 11.8 Å². The number of H-pyrrole nitrogens is 1. The Labute approximate surface area is 181 Å². The van der Waals surface area contributed by atoms with E-state index in [0.717, 1.165) is 5.39 Å². The van der Waals surface area contributed by atoms with Crippen LogP contribution < -0.4 is 4.74 Å². The van der Waals surface area contributed by atoms with Crippen molar-refractivity contribution < 1.29 is 23.8 Å². The Morgan fingerprint density at radius 1 is 1.16 bits per heavy atom. The van der Waals surface area contributed by atoms with Crippen molar-refractivity contribution in [1.82, 2.24) is 15.1 Å². The molecular formula is C22H28N4O5. The summed E-state index contributed by atoms with van der Waals surface area (Å²) in [7, 11) is 0. The van der Waals surface area contributed by atoms with E-state index < -0.39 is 35.4 Å². The number of hydrogen-bond donors (Lipinski definition) is 1. The molecule has 31 heavy (non-hydrogen) atoms. The van der Waals surface area contributed by atoms with Gasteiger partial charge in [-0.1, -0.05) is 0 Å². The van der Waals surface area contributed by atoms with Crippen molar-refractivity contribution in [2.24, 2.45) is 0 Å². The quantitative estimate of drug-likeness (QED) is 0.743. The molecule has 1 saturated heterocycles. The number of likely N-dealkylation sites (tertiary alicyclic amines) is 1. The Hall–Kier alpha value is -3.28. The first-order valence-corrected chi connectivity index (χ1v) is 10.1. The molecule has 9 nitrogen and oxygen atoms in total. The van der Waals surface area contributed by atoms with Gasteiger partial charge in [-0.3, -0.25) is 10.00 Å². The smallest absolute Gasteiger partial charge is 0.411 e. The van der Waals surface area contributed by atoms with E-state index in [4.69, 9.17) is 14.2 Å². The molecule has 9 heteroatoms. The topological polar surface area (TPSA) is 118 Å². The number of aromatic nitrogens is 2. The summed E-state index contributed by atoms with van der Waals surface area (Å²) in [6, 6.07) is 4.67. The number of amides is 1. The number of aromatic amines is 1. The predicted molar refractivity (Wildman–Crippen MR) is 112 cm³/mol. The number of esters is 1. The third-order valence-corrected chi connectivity index (χ3v) is 4.53. The normalized spacial score (nSPS) is 19.2. The van der Waals surface area contributed by atoms with Crippen molar-refractivity contribution in [2.75, 3.05) is 6.54 Å². The molecule has 2 heterocycles. The summed E-state index contributed by atoms with van der Waals surface area (Å²) in [6.45, 7) is 10.7. The van der Waals surface area contributed by atoms with Crippen LogP contribution in [0.5, 0.6) is 5.75 Å². The highest BCUT2D eigenvalue weighted by atomic mass is 16.6. The number of fused-ring (bicyclic) bond motifs is 1. The van der Waals surface area contributed by atoms with Crippen molar-refractivity contribution in [1.29, 1.82) is 5.26 Å². The van der Waals surface area contributed by atoms with Gasteiger partial charge >= 0.3 is 12.1 Å². The lowest BCUT2D eigenvalue weighted by Gasteiger charge is -2.29. The van der Waals surface area contributed by atoms with Gasteiger partial charge < -0.3 is 14.2 Å². The molecule has 0 radical (unpaired) electrons. The Balaban J connectivity index is 1.88. The number of nitriles is 1. The third-order valence-electron chi connectivity index (χ3n) is 4.53. The average molecular weight is 428 g/mol. The third kappa shape index (κ3) is 5.26. The molecule has 2 atom stereocenters. The lowest BCUT2D eigenvalue weighted by molar-refractivity contribution is -0.160. The lowest BCUT2D eigenvalue weighted by atomic mass is 10.1. The average Bonchev–Trinajstić information content (AvgIpc) is 3.26. The van der Waals surface area contributed by atoms with Gasteiger partial charge in [0.15, 0.2) is 5.75 Å². The number of nitrogens with zero attached hydrogens (tertiary/aromatic N) is 3. The van der Waals surface area contributed by atoms with Gasteiger partial charge in [0.1, 0.15) is 34.9 Å². The molecule has 1 aromatic carbocycles. The van der Waals surface area contributed by atoms with Crippen LogP contribution in [0, 0.1) is 11.3 Å². The molecule has 3 rings (SSSR count). The number of rotatable bonds is 3. The number of benzene rings is 1. The zero-order valence-corrected chi connectivity index (χ0v) is 18.7. The van der Waals surface area contributed by atoms with Gasteiger partial charge in [0.05, 0.1) is 12.1 Å². The number of hydrogen-bond acceptors (Lipinski definition) is 7. The summed E-state index contributed by atoms with van der Waals surface area (Å²) in [5.74, 6) is -0.205. The summed E-state index contributed by atoms with van der Waals surface area (Å²) in [5, 5.41) is 17.2. The van der Waals surface area contributed by atoms with Crippen LogP contribution >= 0.6 is 0 Å². The van der Waals surface area contributed by atoms with Crippen molar-refractivity contribution in [3.05, 3.63) is 23.9 Å². The van der Waals surface area contributed by atoms with E-state index in [-0.39, 0.29) is 13.0 Å². The van der Waals surface area contributed by atoms with E-state index in [0.29, 0.717) is 16.8 Å². The van der Waals surface area contributed by atoms with Crippen molar-refractivity contribution in [3.63, 3.8) is 0 Å². The summed E-state index contributed by atoms with van der Waals surface area (Å²) >= 11 is 0. The summed E-state index contributed by atoms with van der Waals surface area (Å²) in [6.07, 6.45) is 0.751. The van der Waals surface area contributed by atoms with Crippen molar-refractivity contribution in [2.45, 2.75) is 71.3 Å². The van der Waals surface area contributed by atoms with Crippen LogP contribution in [-0.4, -0.2) is 57.1 Å². The molecule has 1 aliphatic rings. The fourth-order valence-electron chi connectivity index (χ4n) is 3.36. The van der Waals surface area contributed by atoms with E-state index in [9.17, 15) is 14.9 Å². The maximum Gasteiger partial charge on any atom is 0.411 e. The maximum absolute atomic E-state index is 12.8. The minimum atomic E-state index is -0.858. The Morgan fingerprint density at radius 2 is 1.84 bits per heavy atom. The molecular weight excluding hydrogens is 400 g/mol. The van der Waals surface area contributed by atoms with Crippen LogP contribution in [0.15, 0.2) is 18.3 Å². The second kappa shape index (κ2) is 8.10. The van der Waals surface area contributed by atoms with Gasteiger partial charge in [0.25, 0.3) is 0 Å². The predicted octanol–water partition coefficient (Wildman–Crippen LogP) is 3.53. The molecule has 1 N–H and O–H groups in total. The van der Waals surface area contributed by atoms with E-state index in [2.05, 4.69) is 16.3 Å². The molecule has 0 saturated carbocycles. The zero-order chi connectivity index (χ0) is 23.0. The SMILES string of the molecule is CC(C)(C)OC(=O)[C@@H]1C[C@@H](Oc2c(C#N)ccc3c[nH]nc23)CN1C(=O)OC(C)(C)C. The minimum absolute atomic E-state index is 0.116. The Bertz CT molecular complexity index is 989. The number of carbonyl (C=O) groups is 2. The fraction of sp³-hybridized carbons (Fsp3) is 0.545. The van der Waals surface area contributed by atoms with Crippen molar-refractivity contribution >= 4 is 23.0 Å². The molecule has 1 fully saturated rings. The molecule has 166 valence electrons. The summed E-state index contributed by atoms with van der Waals surface area (Å²) < 4.78 is 17.1. The molecule has 1 aromatic heterocycles. The number of ether oxygens (including phenoxy) is 3. The first kappa shape index (κ1) is 22.4. The molecule has 1 aliphatic heterocycles. The van der Waals surface area contributed by atoms with Crippen LogP contribution in [0.25, 0.3) is 10.9 Å². The van der Waals surface area contributed by atoms with E-state index >= 15 is 0 Å². The second-order valence-electron chi connectivity index (χ2n) is 9.53. The van der Waals surface area contributed by atoms with E-state index in [1.165, 1.54) is 4.90 Å². The van der Waals surface area contributed by atoms with Gasteiger partial charge in [-0.15, -0.1) is 0 Å². The second-order valence-corrected chi connectivity index (χ2v) is 9.53. The highest BCUT2D eigenvalue weighted by molar-refractivity contribution is 5.87. The number of nitrogens with one attached hydrogen (secondary N) is 1. The summed E-state index contributed by atoms with van der Waals surface area (Å²) in [5.41, 5.74) is -0.583. The minimum Gasteiger partial charge on any atom is -0.485 e. The van der Waals surface area contributed by atoms with E-state index in [1.54, 1.807) is 59.9 Å². The highest BCUT2D eigenvalue weighted by Crippen LogP contribution is 2.32. The molecule has 0 unspecified atom stereocenters. The summed E-state index contributed by atoms with van der Waals surface area (Å²) in [4.78, 5) is 27.0. The van der Waals surface area contributed by atoms with Gasteiger partial charge in [0.2, 0.25) is 0 Å². The Morgan fingerprint density at radius 3 is 2.45 bits per heavy atom. The molecule has 0 aliphatic carbocycles. The fourth-order valence-corrected chi connectivity index (χ4v) is 3.36. The number of carbonyl (C=O) groups excluding carboxylic acids is 2. The lowest BCUT2D eigenvalue weighted by Crippen LogP contribution is -2.45. The first-order valence-electron chi connectivity index (χ1n) is 10.1. The van der Waals surface area contributed by atoms with Gasteiger partial charge in [-0.2, -0.15) is 10.4 Å². The largest absolute Gasteiger partial charge is 0.485 e. The van der Waals surface area contributed by atoms with Gasteiger partial charge in [-0.05, 0) is 53.7 Å². The molecule has 1 amide bonds.